The van der Waals surface area contributed by atoms with E-state index < -0.39 is 24.5 Å². The highest BCUT2D eigenvalue weighted by molar-refractivity contribution is 6.30. The Morgan fingerprint density at radius 2 is 2.00 bits per heavy atom. The molecule has 1 rings (SSSR count). The second kappa shape index (κ2) is 6.38. The maximum absolute atomic E-state index is 13.6. The van der Waals surface area contributed by atoms with E-state index in [2.05, 4.69) is 5.32 Å². The van der Waals surface area contributed by atoms with Gasteiger partial charge in [-0.3, -0.25) is 0 Å². The Labute approximate surface area is 108 Å². The maximum atomic E-state index is 13.6. The van der Waals surface area contributed by atoms with Crippen LogP contribution in [-0.2, 0) is 0 Å². The van der Waals surface area contributed by atoms with Crippen LogP contribution in [0.15, 0.2) is 18.2 Å². The summed E-state index contributed by atoms with van der Waals surface area (Å²) in [6.07, 6.45) is -4.79. The highest BCUT2D eigenvalue weighted by Gasteiger charge is 2.33. The first kappa shape index (κ1) is 15.2. The number of alkyl halides is 3. The molecule has 1 nitrogen and oxygen atoms in total. The monoisotopic (exact) mass is 283 g/mol. The van der Waals surface area contributed by atoms with Gasteiger partial charge in [-0.15, -0.1) is 0 Å². The fraction of sp³-hybridized carbons (Fsp3) is 0.500. The third-order valence-electron chi connectivity index (χ3n) is 2.41. The molecule has 0 amide bonds. The van der Waals surface area contributed by atoms with Crippen molar-refractivity contribution in [2.24, 2.45) is 0 Å². The van der Waals surface area contributed by atoms with Crippen molar-refractivity contribution in [2.75, 3.05) is 6.54 Å². The fourth-order valence-corrected chi connectivity index (χ4v) is 1.78. The Bertz CT molecular complexity index is 392. The molecule has 0 heterocycles. The van der Waals surface area contributed by atoms with Crippen molar-refractivity contribution in [3.63, 3.8) is 0 Å². The van der Waals surface area contributed by atoms with Crippen molar-refractivity contribution in [3.05, 3.63) is 34.6 Å². The van der Waals surface area contributed by atoms with Gasteiger partial charge in [0.15, 0.2) is 0 Å². The smallest absolute Gasteiger partial charge is 0.310 e. The zero-order chi connectivity index (χ0) is 13.8. The number of hydrogen-bond donors (Lipinski definition) is 1. The van der Waals surface area contributed by atoms with Crippen LogP contribution in [-0.4, -0.2) is 12.7 Å². The average molecular weight is 284 g/mol. The SMILES string of the molecule is CCCNC(CC(F)(F)F)c1ccc(Cl)cc1F. The Hall–Kier alpha value is -0.810. The fourth-order valence-electron chi connectivity index (χ4n) is 1.63. The van der Waals surface area contributed by atoms with Crippen LogP contribution >= 0.6 is 11.6 Å². The molecule has 0 aliphatic heterocycles. The number of halogens is 5. The van der Waals surface area contributed by atoms with E-state index in [-0.39, 0.29) is 10.6 Å². The number of rotatable bonds is 5. The minimum atomic E-state index is -4.35. The summed E-state index contributed by atoms with van der Waals surface area (Å²) >= 11 is 5.58. The first-order valence-corrected chi connectivity index (χ1v) is 5.96. The summed E-state index contributed by atoms with van der Waals surface area (Å²) in [5.41, 5.74) is -0.00910. The minimum absolute atomic E-state index is 0.00910. The van der Waals surface area contributed by atoms with Crippen molar-refractivity contribution >= 4 is 11.6 Å². The Morgan fingerprint density at radius 3 is 2.50 bits per heavy atom. The molecule has 0 fully saturated rings. The summed E-state index contributed by atoms with van der Waals surface area (Å²) < 4.78 is 50.9. The number of benzene rings is 1. The predicted molar refractivity (Wildman–Crippen MR) is 63.1 cm³/mol. The molecule has 0 aromatic heterocycles. The quantitative estimate of drug-likeness (QED) is 0.786. The lowest BCUT2D eigenvalue weighted by Crippen LogP contribution is -2.28. The number of nitrogens with one attached hydrogen (secondary N) is 1. The molecular weight excluding hydrogens is 270 g/mol. The normalized spacial score (nSPS) is 13.7. The lowest BCUT2D eigenvalue weighted by Gasteiger charge is -2.21. The summed E-state index contributed by atoms with van der Waals surface area (Å²) in [6, 6.07) is 2.61. The van der Waals surface area contributed by atoms with Crippen LogP contribution < -0.4 is 5.32 Å². The summed E-state index contributed by atoms with van der Waals surface area (Å²) in [7, 11) is 0. The molecule has 0 saturated carbocycles. The standard InChI is InChI=1S/C12H14ClF4N/c1-2-5-18-11(7-12(15,16)17)9-4-3-8(13)6-10(9)14/h3-4,6,11,18H,2,5,7H2,1H3. The Kier molecular flexibility index (Phi) is 5.41. The van der Waals surface area contributed by atoms with Crippen LogP contribution in [0.4, 0.5) is 17.6 Å². The highest BCUT2D eigenvalue weighted by Crippen LogP contribution is 2.31. The zero-order valence-corrected chi connectivity index (χ0v) is 10.6. The second-order valence-electron chi connectivity index (χ2n) is 3.99. The molecule has 1 N–H and O–H groups in total. The molecule has 0 aliphatic carbocycles. The predicted octanol–water partition coefficient (Wildman–Crippen LogP) is 4.47. The van der Waals surface area contributed by atoms with Gasteiger partial charge in [0, 0.05) is 16.6 Å². The molecule has 1 aromatic carbocycles. The van der Waals surface area contributed by atoms with Gasteiger partial charge < -0.3 is 5.32 Å². The maximum Gasteiger partial charge on any atom is 0.390 e. The lowest BCUT2D eigenvalue weighted by molar-refractivity contribution is -0.140. The van der Waals surface area contributed by atoms with Gasteiger partial charge in [-0.2, -0.15) is 13.2 Å². The topological polar surface area (TPSA) is 12.0 Å². The van der Waals surface area contributed by atoms with Crippen LogP contribution in [0.25, 0.3) is 0 Å². The average Bonchev–Trinajstić information content (AvgIpc) is 2.23. The van der Waals surface area contributed by atoms with Gasteiger partial charge in [-0.25, -0.2) is 4.39 Å². The summed E-state index contributed by atoms with van der Waals surface area (Å²) in [6.45, 7) is 2.22. The van der Waals surface area contributed by atoms with Crippen LogP contribution in [0.1, 0.15) is 31.4 Å². The van der Waals surface area contributed by atoms with Crippen molar-refractivity contribution in [2.45, 2.75) is 32.0 Å². The summed E-state index contributed by atoms with van der Waals surface area (Å²) in [4.78, 5) is 0. The van der Waals surface area contributed by atoms with E-state index in [1.54, 1.807) is 0 Å². The van der Waals surface area contributed by atoms with Gasteiger partial charge >= 0.3 is 6.18 Å². The largest absolute Gasteiger partial charge is 0.390 e. The lowest BCUT2D eigenvalue weighted by atomic mass is 10.0. The van der Waals surface area contributed by atoms with Crippen molar-refractivity contribution < 1.29 is 17.6 Å². The third kappa shape index (κ3) is 4.82. The molecular formula is C12H14ClF4N. The molecule has 0 aliphatic rings. The third-order valence-corrected chi connectivity index (χ3v) is 2.65. The zero-order valence-electron chi connectivity index (χ0n) is 9.82. The van der Waals surface area contributed by atoms with E-state index in [9.17, 15) is 17.6 Å². The van der Waals surface area contributed by atoms with Gasteiger partial charge in [0.1, 0.15) is 5.82 Å². The van der Waals surface area contributed by atoms with Gasteiger partial charge in [-0.1, -0.05) is 24.6 Å². The molecule has 1 atom stereocenters. The van der Waals surface area contributed by atoms with E-state index in [0.717, 1.165) is 6.07 Å². The first-order valence-electron chi connectivity index (χ1n) is 5.58. The van der Waals surface area contributed by atoms with E-state index >= 15 is 0 Å². The number of hydrogen-bond acceptors (Lipinski definition) is 1. The van der Waals surface area contributed by atoms with Crippen molar-refractivity contribution in [1.82, 2.24) is 5.32 Å². The van der Waals surface area contributed by atoms with Crippen molar-refractivity contribution in [1.29, 1.82) is 0 Å². The Morgan fingerprint density at radius 1 is 1.33 bits per heavy atom. The van der Waals surface area contributed by atoms with E-state index in [1.165, 1.54) is 12.1 Å². The molecule has 0 bridgehead atoms. The van der Waals surface area contributed by atoms with Gasteiger partial charge in [0.25, 0.3) is 0 Å². The van der Waals surface area contributed by atoms with Crippen LogP contribution in [0.5, 0.6) is 0 Å². The van der Waals surface area contributed by atoms with Gasteiger partial charge in [-0.05, 0) is 25.1 Å². The summed E-state index contributed by atoms with van der Waals surface area (Å²) in [5.74, 6) is -0.722. The van der Waals surface area contributed by atoms with Crippen molar-refractivity contribution in [3.8, 4) is 0 Å². The minimum Gasteiger partial charge on any atom is -0.310 e. The molecule has 6 heteroatoms. The molecule has 18 heavy (non-hydrogen) atoms. The second-order valence-corrected chi connectivity index (χ2v) is 4.43. The first-order chi connectivity index (χ1) is 8.33. The molecule has 0 radical (unpaired) electrons. The highest BCUT2D eigenvalue weighted by atomic mass is 35.5. The van der Waals surface area contributed by atoms with E-state index in [1.807, 2.05) is 6.92 Å². The Balaban J connectivity index is 2.93. The molecule has 102 valence electrons. The van der Waals surface area contributed by atoms with Gasteiger partial charge in [0.2, 0.25) is 0 Å². The van der Waals surface area contributed by atoms with Crippen LogP contribution in [0, 0.1) is 5.82 Å². The molecule has 1 aromatic rings. The van der Waals surface area contributed by atoms with E-state index in [4.69, 9.17) is 11.6 Å². The van der Waals surface area contributed by atoms with Gasteiger partial charge in [0.05, 0.1) is 6.42 Å². The summed E-state index contributed by atoms with van der Waals surface area (Å²) in [5, 5.41) is 2.86. The molecule has 0 saturated heterocycles. The van der Waals surface area contributed by atoms with Crippen LogP contribution in [0.2, 0.25) is 5.02 Å². The van der Waals surface area contributed by atoms with Crippen LogP contribution in [0.3, 0.4) is 0 Å². The molecule has 0 spiro atoms. The molecule has 1 unspecified atom stereocenters. The van der Waals surface area contributed by atoms with E-state index in [0.29, 0.717) is 13.0 Å².